The molecule has 0 saturated heterocycles. The molecule has 1 aromatic carbocycles. The fraction of sp³-hybridized carbons (Fsp3) is 0. The first-order valence-electron chi connectivity index (χ1n) is 3.20. The topological polar surface area (TPSA) is 91.4 Å². The quantitative estimate of drug-likeness (QED) is 0.514. The smallest absolute Gasteiger partial charge is 0.232 e. The lowest BCUT2D eigenvalue weighted by atomic mass is 10.4. The van der Waals surface area contributed by atoms with E-state index in [0.717, 1.165) is 0 Å². The summed E-state index contributed by atoms with van der Waals surface area (Å²) in [6, 6.07) is 7.00. The molecule has 13 heavy (non-hydrogen) atoms. The summed E-state index contributed by atoms with van der Waals surface area (Å²) in [6.07, 6.45) is 0. The van der Waals surface area contributed by atoms with Gasteiger partial charge in [0.15, 0.2) is 4.83 Å². The highest BCUT2D eigenvalue weighted by Crippen LogP contribution is 2.07. The van der Waals surface area contributed by atoms with Crippen LogP contribution < -0.4 is 4.83 Å². The molecule has 1 aromatic rings. The Hall–Kier alpha value is -1.63. The van der Waals surface area contributed by atoms with Crippen LogP contribution in [0.3, 0.4) is 0 Å². The largest absolute Gasteiger partial charge is 0.342 e. The summed E-state index contributed by atoms with van der Waals surface area (Å²) in [7, 11) is -4.13. The molecule has 6 nitrogen and oxygen atoms in total. The summed E-state index contributed by atoms with van der Waals surface area (Å²) in [5.41, 5.74) is 0. The van der Waals surface area contributed by atoms with Gasteiger partial charge >= 0.3 is 10.0 Å². The molecule has 7 heteroatoms. The van der Waals surface area contributed by atoms with Crippen LogP contribution >= 0.6 is 0 Å². The van der Waals surface area contributed by atoms with Crippen LogP contribution in [0.1, 0.15) is 0 Å². The van der Waals surface area contributed by atoms with Gasteiger partial charge in [0.2, 0.25) is 5.03 Å². The molecule has 0 atom stereocenters. The van der Waals surface area contributed by atoms with Gasteiger partial charge in [0.05, 0.1) is 4.90 Å². The van der Waals surface area contributed by atoms with Crippen molar-refractivity contribution in [3.8, 4) is 0 Å². The molecule has 1 radical (unpaired) electrons. The number of hydrogen-bond acceptors (Lipinski definition) is 4. The van der Waals surface area contributed by atoms with E-state index in [1.807, 2.05) is 0 Å². The van der Waals surface area contributed by atoms with Gasteiger partial charge in [-0.2, -0.15) is 8.42 Å². The van der Waals surface area contributed by atoms with Crippen molar-refractivity contribution in [2.24, 2.45) is 0 Å². The Bertz CT molecular complexity index is 400. The third-order valence-corrected chi connectivity index (χ3v) is 2.43. The summed E-state index contributed by atoms with van der Waals surface area (Å²) in [5, 5.41) is 8.61. The van der Waals surface area contributed by atoms with Gasteiger partial charge in [-0.15, -0.1) is 0 Å². The number of benzene rings is 1. The third-order valence-electron chi connectivity index (χ3n) is 1.22. The van der Waals surface area contributed by atoms with Crippen molar-refractivity contribution in [1.82, 2.24) is 4.83 Å². The monoisotopic (exact) mass is 201 g/mol. The van der Waals surface area contributed by atoms with Gasteiger partial charge in [0.1, 0.15) is 0 Å². The Morgan fingerprint density at radius 3 is 2.23 bits per heavy atom. The first kappa shape index (κ1) is 9.46. The fourth-order valence-corrected chi connectivity index (χ4v) is 1.50. The second-order valence-corrected chi connectivity index (χ2v) is 3.69. The molecule has 0 N–H and O–H groups in total. The second-order valence-electron chi connectivity index (χ2n) is 2.11. The molecule has 0 aliphatic rings. The van der Waals surface area contributed by atoms with E-state index in [4.69, 9.17) is 0 Å². The Balaban J connectivity index is 3.02. The second kappa shape index (κ2) is 3.40. The summed E-state index contributed by atoms with van der Waals surface area (Å²) < 4.78 is 22.1. The molecule has 0 aliphatic carbocycles. The van der Waals surface area contributed by atoms with E-state index in [1.54, 1.807) is 6.07 Å². The van der Waals surface area contributed by atoms with Gasteiger partial charge in [0, 0.05) is 0 Å². The molecule has 0 bridgehead atoms. The minimum atomic E-state index is -4.13. The summed E-state index contributed by atoms with van der Waals surface area (Å²) in [4.78, 5) is 12.0. The van der Waals surface area contributed by atoms with Crippen LogP contribution in [0.4, 0.5) is 0 Å². The lowest BCUT2D eigenvalue weighted by molar-refractivity contribution is -0.523. The van der Waals surface area contributed by atoms with E-state index >= 15 is 0 Å². The highest BCUT2D eigenvalue weighted by Gasteiger charge is 2.22. The maximum absolute atomic E-state index is 11.0. The zero-order chi connectivity index (χ0) is 9.90. The average molecular weight is 201 g/mol. The average Bonchev–Trinajstić information content (AvgIpc) is 2.04. The SMILES string of the molecule is O=[N+]([O-])[N]S(=O)(=O)c1ccccc1. The first-order valence-corrected chi connectivity index (χ1v) is 4.64. The lowest BCUT2D eigenvalue weighted by Gasteiger charge is -1.94. The predicted octanol–water partition coefficient (Wildman–Crippen LogP) is 0.171. The molecule has 0 unspecified atom stereocenters. The van der Waals surface area contributed by atoms with Gasteiger partial charge in [-0.3, -0.25) is 0 Å². The number of nitro groups is 1. The minimum absolute atomic E-state index is 0.188. The Labute approximate surface area is 74.4 Å². The predicted molar refractivity (Wildman–Crippen MR) is 42.8 cm³/mol. The normalized spacial score (nSPS) is 10.8. The number of rotatable bonds is 3. The van der Waals surface area contributed by atoms with E-state index in [-0.39, 0.29) is 4.90 Å². The van der Waals surface area contributed by atoms with Gasteiger partial charge in [-0.25, -0.2) is 10.1 Å². The van der Waals surface area contributed by atoms with Crippen LogP contribution in [0.2, 0.25) is 0 Å². The Kier molecular flexibility index (Phi) is 2.47. The van der Waals surface area contributed by atoms with Crippen LogP contribution in [0.25, 0.3) is 0 Å². The van der Waals surface area contributed by atoms with Gasteiger partial charge < -0.3 is 0 Å². The van der Waals surface area contributed by atoms with Crippen LogP contribution in [-0.2, 0) is 10.0 Å². The van der Waals surface area contributed by atoms with Crippen molar-refractivity contribution in [3.05, 3.63) is 40.4 Å². The third kappa shape index (κ3) is 2.41. The maximum atomic E-state index is 11.0. The van der Waals surface area contributed by atoms with Gasteiger partial charge in [0.25, 0.3) is 0 Å². The van der Waals surface area contributed by atoms with E-state index < -0.39 is 15.1 Å². The standard InChI is InChI=1S/C6H5N2O4S/c9-8(10)7-13(11,12)6-4-2-1-3-5-6/h1-5H. The summed E-state index contributed by atoms with van der Waals surface area (Å²) >= 11 is 0. The van der Waals surface area contributed by atoms with E-state index in [2.05, 4.69) is 4.83 Å². The Morgan fingerprint density at radius 2 is 1.77 bits per heavy atom. The zero-order valence-corrected chi connectivity index (χ0v) is 7.14. The first-order chi connectivity index (χ1) is 6.02. The van der Waals surface area contributed by atoms with Crippen molar-refractivity contribution < 1.29 is 13.5 Å². The summed E-state index contributed by atoms with van der Waals surface area (Å²) in [6.45, 7) is 0. The van der Waals surface area contributed by atoms with Crippen molar-refractivity contribution in [2.45, 2.75) is 4.90 Å². The van der Waals surface area contributed by atoms with Crippen molar-refractivity contribution in [1.29, 1.82) is 0 Å². The molecule has 0 amide bonds. The van der Waals surface area contributed by atoms with Crippen LogP contribution in [0.5, 0.6) is 0 Å². The van der Waals surface area contributed by atoms with Crippen LogP contribution in [-0.4, -0.2) is 13.5 Å². The summed E-state index contributed by atoms with van der Waals surface area (Å²) in [5.74, 6) is 0. The number of nitrogens with zero attached hydrogens (tertiary/aromatic N) is 2. The van der Waals surface area contributed by atoms with Crippen molar-refractivity contribution >= 4 is 10.0 Å². The lowest BCUT2D eigenvalue weighted by Crippen LogP contribution is -2.21. The van der Waals surface area contributed by atoms with Crippen LogP contribution in [0, 0.1) is 10.1 Å². The van der Waals surface area contributed by atoms with E-state index in [9.17, 15) is 18.5 Å². The Morgan fingerprint density at radius 1 is 1.23 bits per heavy atom. The van der Waals surface area contributed by atoms with Crippen molar-refractivity contribution in [2.75, 3.05) is 0 Å². The highest BCUT2D eigenvalue weighted by molar-refractivity contribution is 7.89. The molecular weight excluding hydrogens is 196 g/mol. The fourth-order valence-electron chi connectivity index (χ4n) is 0.727. The molecular formula is C6H5N2O4S. The molecule has 69 valence electrons. The molecule has 0 saturated carbocycles. The minimum Gasteiger partial charge on any atom is -0.232 e. The zero-order valence-electron chi connectivity index (χ0n) is 6.32. The maximum Gasteiger partial charge on any atom is 0.342 e. The molecule has 0 spiro atoms. The van der Waals surface area contributed by atoms with E-state index in [0.29, 0.717) is 0 Å². The molecule has 0 aromatic heterocycles. The van der Waals surface area contributed by atoms with Gasteiger partial charge in [-0.05, 0) is 12.1 Å². The van der Waals surface area contributed by atoms with Crippen molar-refractivity contribution in [3.63, 3.8) is 0 Å². The molecule has 0 aliphatic heterocycles. The molecule has 1 rings (SSSR count). The van der Waals surface area contributed by atoms with E-state index in [1.165, 1.54) is 24.3 Å². The number of sulfonamides is 1. The van der Waals surface area contributed by atoms with Gasteiger partial charge in [-0.1, -0.05) is 18.2 Å². The highest BCUT2D eigenvalue weighted by atomic mass is 32.2. The van der Waals surface area contributed by atoms with Crippen LogP contribution in [0.15, 0.2) is 35.2 Å². The number of hydrogen-bond donors (Lipinski definition) is 0. The molecule has 0 fully saturated rings. The molecule has 0 heterocycles.